The maximum absolute atomic E-state index is 12.5. The topological polar surface area (TPSA) is 49.4 Å². The van der Waals surface area contributed by atoms with Crippen molar-refractivity contribution in [1.82, 2.24) is 4.90 Å². The number of piperidine rings is 1. The lowest BCUT2D eigenvalue weighted by atomic mass is 9.89. The van der Waals surface area contributed by atoms with Crippen LogP contribution in [0.1, 0.15) is 35.7 Å². The Bertz CT molecular complexity index is 717. The van der Waals surface area contributed by atoms with Crippen LogP contribution in [0.2, 0.25) is 0 Å². The molecule has 1 heterocycles. The molecule has 0 spiro atoms. The minimum Gasteiger partial charge on any atom is -0.324 e. The van der Waals surface area contributed by atoms with Crippen LogP contribution in [-0.4, -0.2) is 29.8 Å². The highest BCUT2D eigenvalue weighted by molar-refractivity contribution is 5.98. The molecule has 1 aliphatic rings. The van der Waals surface area contributed by atoms with Crippen molar-refractivity contribution in [2.45, 2.75) is 26.2 Å². The van der Waals surface area contributed by atoms with Gasteiger partial charge in [-0.05, 0) is 37.0 Å². The van der Waals surface area contributed by atoms with Crippen molar-refractivity contribution in [2.24, 2.45) is 5.92 Å². The van der Waals surface area contributed by atoms with E-state index in [1.54, 1.807) is 4.90 Å². The fraction of sp³-hybridized carbons (Fsp3) is 0.333. The van der Waals surface area contributed by atoms with Gasteiger partial charge in [-0.2, -0.15) is 0 Å². The van der Waals surface area contributed by atoms with E-state index in [4.69, 9.17) is 0 Å². The van der Waals surface area contributed by atoms with Crippen LogP contribution in [0.3, 0.4) is 0 Å². The van der Waals surface area contributed by atoms with E-state index in [0.717, 1.165) is 30.5 Å². The van der Waals surface area contributed by atoms with Crippen molar-refractivity contribution in [3.8, 4) is 0 Å². The van der Waals surface area contributed by atoms with Crippen molar-refractivity contribution >= 4 is 17.5 Å². The average molecular weight is 336 g/mol. The Morgan fingerprint density at radius 3 is 2.24 bits per heavy atom. The number of carbonyl (C=O) groups excluding carboxylic acids is 2. The van der Waals surface area contributed by atoms with Crippen LogP contribution in [0.5, 0.6) is 0 Å². The fourth-order valence-electron chi connectivity index (χ4n) is 3.21. The highest BCUT2D eigenvalue weighted by atomic mass is 16.2. The molecule has 0 unspecified atom stereocenters. The summed E-state index contributed by atoms with van der Waals surface area (Å²) in [5.41, 5.74) is 2.82. The lowest BCUT2D eigenvalue weighted by Crippen LogP contribution is -2.42. The van der Waals surface area contributed by atoms with Gasteiger partial charge in [0.25, 0.3) is 0 Å². The molecule has 0 saturated carbocycles. The molecule has 1 N–H and O–H groups in total. The molecule has 4 nitrogen and oxygen atoms in total. The number of hydrogen-bond acceptors (Lipinski definition) is 2. The van der Waals surface area contributed by atoms with Gasteiger partial charge >= 0.3 is 6.03 Å². The number of benzene rings is 2. The molecule has 2 aromatic carbocycles. The number of hydrogen-bond donors (Lipinski definition) is 1. The summed E-state index contributed by atoms with van der Waals surface area (Å²) in [5.74, 6) is 0.200. The van der Waals surface area contributed by atoms with E-state index in [1.165, 1.54) is 5.56 Å². The van der Waals surface area contributed by atoms with Crippen LogP contribution in [0, 0.1) is 5.92 Å². The number of rotatable bonds is 4. The van der Waals surface area contributed by atoms with Crippen LogP contribution >= 0.6 is 0 Å². The van der Waals surface area contributed by atoms with Gasteiger partial charge in [-0.25, -0.2) is 4.79 Å². The van der Waals surface area contributed by atoms with E-state index in [1.807, 2.05) is 54.6 Å². The molecular weight excluding hydrogens is 312 g/mol. The maximum atomic E-state index is 12.5. The maximum Gasteiger partial charge on any atom is 0.321 e. The Morgan fingerprint density at radius 2 is 1.64 bits per heavy atom. The molecule has 0 atom stereocenters. The largest absolute Gasteiger partial charge is 0.324 e. The van der Waals surface area contributed by atoms with Crippen LogP contribution < -0.4 is 5.32 Å². The SMILES string of the molecule is CCc1ccc(NC(=O)N2CCC(C(=O)c3ccccc3)CC2)cc1. The van der Waals surface area contributed by atoms with E-state index in [-0.39, 0.29) is 17.7 Å². The summed E-state index contributed by atoms with van der Waals surface area (Å²) in [5, 5.41) is 2.94. The van der Waals surface area contributed by atoms with Gasteiger partial charge < -0.3 is 10.2 Å². The molecular formula is C21H24N2O2. The van der Waals surface area contributed by atoms with Crippen molar-refractivity contribution < 1.29 is 9.59 Å². The average Bonchev–Trinajstić information content (AvgIpc) is 2.69. The lowest BCUT2D eigenvalue weighted by molar-refractivity contribution is 0.0859. The smallest absolute Gasteiger partial charge is 0.321 e. The highest BCUT2D eigenvalue weighted by Crippen LogP contribution is 2.22. The lowest BCUT2D eigenvalue weighted by Gasteiger charge is -2.31. The van der Waals surface area contributed by atoms with Gasteiger partial charge in [-0.1, -0.05) is 49.4 Å². The summed E-state index contributed by atoms with van der Waals surface area (Å²) in [6, 6.07) is 17.2. The first-order chi connectivity index (χ1) is 12.2. The molecule has 1 saturated heterocycles. The molecule has 2 aromatic rings. The fourth-order valence-corrected chi connectivity index (χ4v) is 3.21. The van der Waals surface area contributed by atoms with Crippen molar-refractivity contribution in [3.05, 3.63) is 65.7 Å². The Kier molecular flexibility index (Phi) is 5.49. The first-order valence-corrected chi connectivity index (χ1v) is 8.91. The Hall–Kier alpha value is -2.62. The van der Waals surface area contributed by atoms with Crippen LogP contribution in [0.4, 0.5) is 10.5 Å². The van der Waals surface area contributed by atoms with Crippen molar-refractivity contribution in [1.29, 1.82) is 0 Å². The number of urea groups is 1. The van der Waals surface area contributed by atoms with Crippen molar-refractivity contribution in [2.75, 3.05) is 18.4 Å². The third-order valence-corrected chi connectivity index (χ3v) is 4.82. The Labute approximate surface area is 148 Å². The summed E-state index contributed by atoms with van der Waals surface area (Å²) in [4.78, 5) is 26.7. The van der Waals surface area contributed by atoms with Gasteiger partial charge in [-0.3, -0.25) is 4.79 Å². The normalized spacial score (nSPS) is 15.0. The molecule has 0 bridgehead atoms. The van der Waals surface area contributed by atoms with Crippen molar-refractivity contribution in [3.63, 3.8) is 0 Å². The van der Waals surface area contributed by atoms with Crippen LogP contribution in [-0.2, 0) is 6.42 Å². The monoisotopic (exact) mass is 336 g/mol. The number of aryl methyl sites for hydroxylation is 1. The van der Waals surface area contributed by atoms with Gasteiger partial charge in [0.15, 0.2) is 5.78 Å². The number of amides is 2. The molecule has 1 fully saturated rings. The summed E-state index contributed by atoms with van der Waals surface area (Å²) < 4.78 is 0. The Balaban J connectivity index is 1.53. The van der Waals surface area contributed by atoms with Crippen LogP contribution in [0.15, 0.2) is 54.6 Å². The molecule has 2 amide bonds. The molecule has 4 heteroatoms. The van der Waals surface area contributed by atoms with E-state index < -0.39 is 0 Å². The first kappa shape index (κ1) is 17.2. The van der Waals surface area contributed by atoms with E-state index in [2.05, 4.69) is 12.2 Å². The van der Waals surface area contributed by atoms with Gasteiger partial charge in [-0.15, -0.1) is 0 Å². The number of likely N-dealkylation sites (tertiary alicyclic amines) is 1. The zero-order chi connectivity index (χ0) is 17.6. The quantitative estimate of drug-likeness (QED) is 0.843. The minimum atomic E-state index is -0.0881. The number of Topliss-reactive ketones (excluding diaryl/α,β-unsaturated/α-hetero) is 1. The van der Waals surface area contributed by atoms with Crippen LogP contribution in [0.25, 0.3) is 0 Å². The van der Waals surface area contributed by atoms with E-state index in [9.17, 15) is 9.59 Å². The molecule has 0 aliphatic carbocycles. The molecule has 130 valence electrons. The molecule has 0 aromatic heterocycles. The molecule has 1 aliphatic heterocycles. The number of carbonyl (C=O) groups is 2. The summed E-state index contributed by atoms with van der Waals surface area (Å²) in [6.07, 6.45) is 2.42. The van der Waals surface area contributed by atoms with Gasteiger partial charge in [0.1, 0.15) is 0 Å². The summed E-state index contributed by atoms with van der Waals surface area (Å²) >= 11 is 0. The zero-order valence-corrected chi connectivity index (χ0v) is 14.6. The number of ketones is 1. The highest BCUT2D eigenvalue weighted by Gasteiger charge is 2.27. The standard InChI is InChI=1S/C21H24N2O2/c1-2-16-8-10-19(11-9-16)22-21(25)23-14-12-18(13-15-23)20(24)17-6-4-3-5-7-17/h3-11,18H,2,12-15H2,1H3,(H,22,25). The number of anilines is 1. The second-order valence-electron chi connectivity index (χ2n) is 6.47. The van der Waals surface area contributed by atoms with Gasteiger partial charge in [0.2, 0.25) is 0 Å². The predicted octanol–water partition coefficient (Wildman–Crippen LogP) is 4.38. The molecule has 0 radical (unpaired) electrons. The molecule has 25 heavy (non-hydrogen) atoms. The van der Waals surface area contributed by atoms with Gasteiger partial charge in [0.05, 0.1) is 0 Å². The predicted molar refractivity (Wildman–Crippen MR) is 99.9 cm³/mol. The summed E-state index contributed by atoms with van der Waals surface area (Å²) in [7, 11) is 0. The number of nitrogens with one attached hydrogen (secondary N) is 1. The first-order valence-electron chi connectivity index (χ1n) is 8.91. The van der Waals surface area contributed by atoms with Gasteiger partial charge in [0, 0.05) is 30.3 Å². The zero-order valence-electron chi connectivity index (χ0n) is 14.6. The van der Waals surface area contributed by atoms with E-state index >= 15 is 0 Å². The minimum absolute atomic E-state index is 0.00953. The third kappa shape index (κ3) is 4.27. The second-order valence-corrected chi connectivity index (χ2v) is 6.47. The Morgan fingerprint density at radius 1 is 1.00 bits per heavy atom. The van der Waals surface area contributed by atoms with E-state index in [0.29, 0.717) is 13.1 Å². The molecule has 3 rings (SSSR count). The third-order valence-electron chi connectivity index (χ3n) is 4.82. The summed E-state index contributed by atoms with van der Waals surface area (Å²) in [6.45, 7) is 3.33. The number of nitrogens with zero attached hydrogens (tertiary/aromatic N) is 1. The second kappa shape index (κ2) is 7.97.